The summed E-state index contributed by atoms with van der Waals surface area (Å²) >= 11 is 7.42. The standard InChI is InChI=1S/C29H25ClN2O5S/c1-5-37-21-11-8-17(13-22(21)36-4)25-24(26(33)19-12-15(2)6-7-16(19)3)27(34)28(35)32(25)29-31-20-10-9-18(30)14-23(20)38-29/h6-14,25,33H,5H2,1-4H3/b26-24+. The van der Waals surface area contributed by atoms with Gasteiger partial charge in [0.1, 0.15) is 5.76 Å². The number of nitrogens with zero attached hydrogens (tertiary/aromatic N) is 2. The Balaban J connectivity index is 1.76. The summed E-state index contributed by atoms with van der Waals surface area (Å²) in [6.45, 7) is 6.05. The number of amides is 1. The fraction of sp³-hybridized carbons (Fsp3) is 0.207. The Bertz CT molecular complexity index is 1630. The number of halogens is 1. The van der Waals surface area contributed by atoms with E-state index >= 15 is 0 Å². The number of carbonyl (C=O) groups is 2. The minimum Gasteiger partial charge on any atom is -0.507 e. The molecule has 5 rings (SSSR count). The van der Waals surface area contributed by atoms with Gasteiger partial charge in [0.15, 0.2) is 16.6 Å². The molecule has 0 bridgehead atoms. The van der Waals surface area contributed by atoms with E-state index in [2.05, 4.69) is 4.98 Å². The number of benzene rings is 3. The number of aryl methyl sites for hydroxylation is 2. The van der Waals surface area contributed by atoms with Crippen LogP contribution in [0.4, 0.5) is 5.13 Å². The first kappa shape index (κ1) is 25.8. The quantitative estimate of drug-likeness (QED) is 0.166. The van der Waals surface area contributed by atoms with E-state index in [1.807, 2.05) is 32.9 Å². The van der Waals surface area contributed by atoms with Gasteiger partial charge in [0, 0.05) is 10.6 Å². The highest BCUT2D eigenvalue weighted by molar-refractivity contribution is 7.22. The lowest BCUT2D eigenvalue weighted by atomic mass is 9.93. The van der Waals surface area contributed by atoms with Crippen molar-refractivity contribution in [2.45, 2.75) is 26.8 Å². The van der Waals surface area contributed by atoms with Crippen molar-refractivity contribution in [1.82, 2.24) is 4.98 Å². The molecule has 1 unspecified atom stereocenters. The van der Waals surface area contributed by atoms with Gasteiger partial charge in [-0.2, -0.15) is 0 Å². The highest BCUT2D eigenvalue weighted by Gasteiger charge is 2.48. The van der Waals surface area contributed by atoms with Crippen molar-refractivity contribution in [3.8, 4) is 11.5 Å². The molecule has 2 heterocycles. The Labute approximate surface area is 228 Å². The number of fused-ring (bicyclic) bond motifs is 1. The summed E-state index contributed by atoms with van der Waals surface area (Å²) in [7, 11) is 1.52. The topological polar surface area (TPSA) is 89.0 Å². The molecule has 1 atom stereocenters. The summed E-state index contributed by atoms with van der Waals surface area (Å²) in [6, 6.07) is 15.1. The second-order valence-corrected chi connectivity index (χ2v) is 10.4. The monoisotopic (exact) mass is 548 g/mol. The van der Waals surface area contributed by atoms with Crippen LogP contribution in [0.2, 0.25) is 5.02 Å². The predicted octanol–water partition coefficient (Wildman–Crippen LogP) is 6.60. The molecular formula is C29H25ClN2O5S. The summed E-state index contributed by atoms with van der Waals surface area (Å²) in [6.07, 6.45) is 0. The number of thiazole rings is 1. The van der Waals surface area contributed by atoms with Gasteiger partial charge in [-0.3, -0.25) is 14.5 Å². The molecule has 4 aromatic rings. The maximum absolute atomic E-state index is 13.6. The van der Waals surface area contributed by atoms with Crippen molar-refractivity contribution < 1.29 is 24.2 Å². The number of aliphatic hydroxyl groups excluding tert-OH is 1. The van der Waals surface area contributed by atoms with Crippen LogP contribution in [0, 0.1) is 13.8 Å². The summed E-state index contributed by atoms with van der Waals surface area (Å²) in [5.74, 6) is -0.843. The molecule has 0 saturated carbocycles. The molecule has 0 aliphatic carbocycles. The van der Waals surface area contributed by atoms with Gasteiger partial charge in [-0.15, -0.1) is 0 Å². The van der Waals surface area contributed by atoms with E-state index < -0.39 is 17.7 Å². The van der Waals surface area contributed by atoms with Gasteiger partial charge in [-0.05, 0) is 68.3 Å². The van der Waals surface area contributed by atoms with Gasteiger partial charge in [-0.25, -0.2) is 4.98 Å². The first-order valence-corrected chi connectivity index (χ1v) is 13.2. The van der Waals surface area contributed by atoms with Crippen LogP contribution in [0.3, 0.4) is 0 Å². The lowest BCUT2D eigenvalue weighted by Crippen LogP contribution is -2.29. The number of aliphatic hydroxyl groups is 1. The van der Waals surface area contributed by atoms with Gasteiger partial charge in [0.05, 0.1) is 35.5 Å². The molecule has 7 nitrogen and oxygen atoms in total. The molecule has 38 heavy (non-hydrogen) atoms. The van der Waals surface area contributed by atoms with Gasteiger partial charge in [0.25, 0.3) is 5.78 Å². The molecule has 194 valence electrons. The third-order valence-corrected chi connectivity index (χ3v) is 7.69. The molecule has 1 amide bonds. The fourth-order valence-electron chi connectivity index (χ4n) is 4.60. The van der Waals surface area contributed by atoms with Crippen LogP contribution in [-0.2, 0) is 9.59 Å². The van der Waals surface area contributed by atoms with Crippen LogP contribution in [0.1, 0.15) is 35.2 Å². The largest absolute Gasteiger partial charge is 0.507 e. The molecule has 1 aliphatic heterocycles. The molecule has 1 saturated heterocycles. The summed E-state index contributed by atoms with van der Waals surface area (Å²) in [5.41, 5.74) is 3.36. The Hall–Kier alpha value is -3.88. The number of Topliss-reactive ketones (excluding diaryl/α,β-unsaturated/α-hetero) is 1. The van der Waals surface area contributed by atoms with Crippen molar-refractivity contribution in [3.05, 3.63) is 87.4 Å². The van der Waals surface area contributed by atoms with Crippen molar-refractivity contribution >= 4 is 55.7 Å². The number of aromatic nitrogens is 1. The molecule has 3 aromatic carbocycles. The second-order valence-electron chi connectivity index (χ2n) is 8.94. The van der Waals surface area contributed by atoms with Gasteiger partial charge in [-0.1, -0.05) is 46.7 Å². The van der Waals surface area contributed by atoms with Crippen LogP contribution in [0.25, 0.3) is 16.0 Å². The molecular weight excluding hydrogens is 524 g/mol. The first-order chi connectivity index (χ1) is 18.2. The van der Waals surface area contributed by atoms with E-state index in [9.17, 15) is 14.7 Å². The third-order valence-electron chi connectivity index (χ3n) is 6.44. The minimum atomic E-state index is -0.949. The molecule has 0 spiro atoms. The zero-order valence-electron chi connectivity index (χ0n) is 21.2. The Morgan fingerprint density at radius 2 is 1.87 bits per heavy atom. The molecule has 1 aliphatic rings. The Morgan fingerprint density at radius 3 is 2.61 bits per heavy atom. The van der Waals surface area contributed by atoms with E-state index in [0.717, 1.165) is 15.8 Å². The highest BCUT2D eigenvalue weighted by atomic mass is 35.5. The maximum Gasteiger partial charge on any atom is 0.301 e. The number of hydrogen-bond acceptors (Lipinski definition) is 7. The molecule has 1 fully saturated rings. The average molecular weight is 549 g/mol. The third kappa shape index (κ3) is 4.40. The number of anilines is 1. The first-order valence-electron chi connectivity index (χ1n) is 12.0. The van der Waals surface area contributed by atoms with E-state index in [0.29, 0.717) is 44.9 Å². The van der Waals surface area contributed by atoms with Crippen molar-refractivity contribution in [2.75, 3.05) is 18.6 Å². The number of methoxy groups -OCH3 is 1. The molecule has 0 radical (unpaired) electrons. The molecule has 1 aromatic heterocycles. The average Bonchev–Trinajstić information content (AvgIpc) is 3.43. The van der Waals surface area contributed by atoms with Crippen LogP contribution >= 0.6 is 22.9 Å². The van der Waals surface area contributed by atoms with Crippen LogP contribution in [0.15, 0.2) is 60.2 Å². The molecule has 9 heteroatoms. The van der Waals surface area contributed by atoms with Crippen molar-refractivity contribution in [1.29, 1.82) is 0 Å². The second kappa shape index (κ2) is 10.1. The number of carbonyl (C=O) groups excluding carboxylic acids is 2. The lowest BCUT2D eigenvalue weighted by molar-refractivity contribution is -0.132. The highest BCUT2D eigenvalue weighted by Crippen LogP contribution is 2.46. The zero-order valence-corrected chi connectivity index (χ0v) is 22.8. The summed E-state index contributed by atoms with van der Waals surface area (Å²) < 4.78 is 12.0. The Morgan fingerprint density at radius 1 is 1.08 bits per heavy atom. The predicted molar refractivity (Wildman–Crippen MR) is 149 cm³/mol. The van der Waals surface area contributed by atoms with E-state index in [1.165, 1.54) is 23.3 Å². The Kier molecular flexibility index (Phi) is 6.86. The van der Waals surface area contributed by atoms with Crippen molar-refractivity contribution in [3.63, 3.8) is 0 Å². The van der Waals surface area contributed by atoms with E-state index in [-0.39, 0.29) is 11.3 Å². The smallest absolute Gasteiger partial charge is 0.301 e. The molecule has 1 N–H and O–H groups in total. The summed E-state index contributed by atoms with van der Waals surface area (Å²) in [5, 5.41) is 12.4. The van der Waals surface area contributed by atoms with Crippen LogP contribution < -0.4 is 14.4 Å². The van der Waals surface area contributed by atoms with Gasteiger partial charge >= 0.3 is 5.91 Å². The number of hydrogen-bond donors (Lipinski definition) is 1. The van der Waals surface area contributed by atoms with Gasteiger partial charge < -0.3 is 14.6 Å². The number of ketones is 1. The van der Waals surface area contributed by atoms with Crippen LogP contribution in [0.5, 0.6) is 11.5 Å². The van der Waals surface area contributed by atoms with E-state index in [1.54, 1.807) is 42.5 Å². The van der Waals surface area contributed by atoms with E-state index in [4.69, 9.17) is 21.1 Å². The minimum absolute atomic E-state index is 0.0211. The SMILES string of the molecule is CCOc1ccc(C2/C(=C(\O)c3cc(C)ccc3C)C(=O)C(=O)N2c2nc3ccc(Cl)cc3s2)cc1OC. The zero-order chi connectivity index (χ0) is 27.1. The van der Waals surface area contributed by atoms with Gasteiger partial charge in [0.2, 0.25) is 0 Å². The normalized spacial score (nSPS) is 16.9. The van der Waals surface area contributed by atoms with Crippen LogP contribution in [-0.4, -0.2) is 35.5 Å². The lowest BCUT2D eigenvalue weighted by Gasteiger charge is -2.24. The number of ether oxygens (including phenoxy) is 2. The fourth-order valence-corrected chi connectivity index (χ4v) is 5.87. The van der Waals surface area contributed by atoms with Crippen molar-refractivity contribution in [2.24, 2.45) is 0 Å². The maximum atomic E-state index is 13.6. The number of rotatable bonds is 6. The summed E-state index contributed by atoms with van der Waals surface area (Å²) in [4.78, 5) is 33.1.